The quantitative estimate of drug-likeness (QED) is 0.781. The number of nitrogens with one attached hydrogen (secondary N) is 1. The first-order valence-corrected chi connectivity index (χ1v) is 9.07. The molecule has 1 amide bonds. The van der Waals surface area contributed by atoms with Crippen molar-refractivity contribution in [3.8, 4) is 11.1 Å². The van der Waals surface area contributed by atoms with Crippen molar-refractivity contribution in [2.75, 3.05) is 26.3 Å². The molecule has 2 aromatic carbocycles. The van der Waals surface area contributed by atoms with Gasteiger partial charge >= 0.3 is 0 Å². The van der Waals surface area contributed by atoms with Gasteiger partial charge in [0.2, 0.25) is 5.91 Å². The highest BCUT2D eigenvalue weighted by Gasteiger charge is 2.33. The minimum atomic E-state index is -0.0498. The topological polar surface area (TPSA) is 41.6 Å². The third kappa shape index (κ3) is 2.75. The fraction of sp³-hybridized carbons (Fsp3) is 0.381. The average Bonchev–Trinajstić information content (AvgIpc) is 2.77. The Kier molecular flexibility index (Phi) is 3.61. The second-order valence-corrected chi connectivity index (χ2v) is 7.46. The molecule has 5 rings (SSSR count). The average molecular weight is 334 g/mol. The third-order valence-corrected chi connectivity index (χ3v) is 5.58. The number of fused-ring (bicyclic) bond motifs is 6. The van der Waals surface area contributed by atoms with Crippen LogP contribution in [0.5, 0.6) is 0 Å². The van der Waals surface area contributed by atoms with Crippen molar-refractivity contribution in [2.24, 2.45) is 5.92 Å². The summed E-state index contributed by atoms with van der Waals surface area (Å²) < 4.78 is 5.62. The van der Waals surface area contributed by atoms with E-state index in [1.54, 1.807) is 0 Å². The molecule has 128 valence electrons. The van der Waals surface area contributed by atoms with Crippen LogP contribution in [0, 0.1) is 5.92 Å². The lowest BCUT2D eigenvalue weighted by atomic mass is 10.0. The fourth-order valence-corrected chi connectivity index (χ4v) is 4.40. The van der Waals surface area contributed by atoms with E-state index in [-0.39, 0.29) is 17.9 Å². The predicted molar refractivity (Wildman–Crippen MR) is 96.2 cm³/mol. The molecule has 1 aliphatic carbocycles. The molecule has 2 aromatic rings. The van der Waals surface area contributed by atoms with Gasteiger partial charge in [-0.25, -0.2) is 0 Å². The number of amides is 1. The molecule has 4 nitrogen and oxygen atoms in total. The largest absolute Gasteiger partial charge is 0.378 e. The lowest BCUT2D eigenvalue weighted by Crippen LogP contribution is -2.41. The number of hydrogen-bond acceptors (Lipinski definition) is 3. The Hall–Kier alpha value is -2.17. The van der Waals surface area contributed by atoms with Crippen LogP contribution in [0.2, 0.25) is 0 Å². The molecule has 2 fully saturated rings. The molecular formula is C21H22N2O2. The van der Waals surface area contributed by atoms with E-state index in [2.05, 4.69) is 52.7 Å². The van der Waals surface area contributed by atoms with E-state index >= 15 is 0 Å². The molecule has 4 heteroatoms. The van der Waals surface area contributed by atoms with Crippen LogP contribution < -0.4 is 5.32 Å². The maximum Gasteiger partial charge on any atom is 0.227 e. The van der Waals surface area contributed by atoms with Gasteiger partial charge in [0.05, 0.1) is 25.2 Å². The van der Waals surface area contributed by atoms with Crippen molar-refractivity contribution < 1.29 is 9.53 Å². The van der Waals surface area contributed by atoms with Gasteiger partial charge in [0.1, 0.15) is 0 Å². The molecular weight excluding hydrogens is 312 g/mol. The van der Waals surface area contributed by atoms with Crippen molar-refractivity contribution in [3.63, 3.8) is 0 Å². The molecule has 2 bridgehead atoms. The number of ether oxygens (including phenoxy) is 1. The lowest BCUT2D eigenvalue weighted by molar-refractivity contribution is -0.125. The van der Waals surface area contributed by atoms with Gasteiger partial charge < -0.3 is 10.1 Å². The molecule has 2 atom stereocenters. The van der Waals surface area contributed by atoms with Gasteiger partial charge in [-0.3, -0.25) is 9.69 Å². The Morgan fingerprint density at radius 2 is 1.92 bits per heavy atom. The predicted octanol–water partition coefficient (Wildman–Crippen LogP) is 2.20. The number of nitrogens with zero attached hydrogens (tertiary/aromatic N) is 1. The molecule has 0 saturated carbocycles. The minimum absolute atomic E-state index is 0.0498. The van der Waals surface area contributed by atoms with Crippen LogP contribution in [0.1, 0.15) is 16.7 Å². The Labute approximate surface area is 147 Å². The lowest BCUT2D eigenvalue weighted by Gasteiger charge is -2.27. The van der Waals surface area contributed by atoms with E-state index < -0.39 is 0 Å². The van der Waals surface area contributed by atoms with Gasteiger partial charge in [0, 0.05) is 19.6 Å². The Balaban J connectivity index is 1.37. The van der Waals surface area contributed by atoms with Crippen molar-refractivity contribution in [3.05, 3.63) is 59.2 Å². The van der Waals surface area contributed by atoms with Crippen molar-refractivity contribution >= 4 is 5.91 Å². The number of rotatable bonds is 2. The molecule has 0 spiro atoms. The third-order valence-electron chi connectivity index (χ3n) is 5.58. The molecule has 0 radical (unpaired) electrons. The number of hydrogen-bond donors (Lipinski definition) is 1. The zero-order valence-electron chi connectivity index (χ0n) is 14.2. The monoisotopic (exact) mass is 334 g/mol. The summed E-state index contributed by atoms with van der Waals surface area (Å²) in [5.41, 5.74) is 6.93. The molecule has 2 aliphatic heterocycles. The number of carbonyl (C=O) groups is 1. The highest BCUT2D eigenvalue weighted by atomic mass is 16.5. The number of benzene rings is 2. The Morgan fingerprint density at radius 3 is 2.88 bits per heavy atom. The standard InChI is InChI=1S/C21H22N2O2/c24-21-17-10-23(11-18(22-21)13-25-12-17)9-14-5-6-20-16(7-14)8-15-3-1-2-4-19(15)20/h1-7,17-18H,8-13H2,(H,22,24)/t17-,18+/m1/s1. The van der Waals surface area contributed by atoms with Gasteiger partial charge in [0.25, 0.3) is 0 Å². The van der Waals surface area contributed by atoms with Crippen molar-refractivity contribution in [2.45, 2.75) is 19.0 Å². The van der Waals surface area contributed by atoms with Crippen LogP contribution >= 0.6 is 0 Å². The van der Waals surface area contributed by atoms with Gasteiger partial charge in [-0.05, 0) is 34.2 Å². The summed E-state index contributed by atoms with van der Waals surface area (Å²) in [5.74, 6) is 0.0978. The normalized spacial score (nSPS) is 25.0. The Morgan fingerprint density at radius 1 is 1.04 bits per heavy atom. The maximum absolute atomic E-state index is 12.2. The van der Waals surface area contributed by atoms with E-state index in [1.165, 1.54) is 27.8 Å². The molecule has 0 aromatic heterocycles. The summed E-state index contributed by atoms with van der Waals surface area (Å²) in [6.07, 6.45) is 1.03. The molecule has 2 heterocycles. The van der Waals surface area contributed by atoms with Gasteiger partial charge in [-0.1, -0.05) is 42.5 Å². The van der Waals surface area contributed by atoms with Crippen molar-refractivity contribution in [1.82, 2.24) is 10.2 Å². The summed E-state index contributed by atoms with van der Waals surface area (Å²) in [6.45, 7) is 3.70. The summed E-state index contributed by atoms with van der Waals surface area (Å²) in [5, 5.41) is 3.10. The summed E-state index contributed by atoms with van der Waals surface area (Å²) in [4.78, 5) is 14.6. The SMILES string of the molecule is O=C1N[C@@H]2COC[C@H]1CN(Cc1ccc3c(c1)Cc1ccccc1-3)C2. The first-order chi connectivity index (χ1) is 12.3. The maximum atomic E-state index is 12.2. The first-order valence-electron chi connectivity index (χ1n) is 9.07. The van der Waals surface area contributed by atoms with Crippen molar-refractivity contribution in [1.29, 1.82) is 0 Å². The smallest absolute Gasteiger partial charge is 0.227 e. The fourth-order valence-electron chi connectivity index (χ4n) is 4.40. The molecule has 2 saturated heterocycles. The van der Waals surface area contributed by atoms with Crippen LogP contribution in [0.15, 0.2) is 42.5 Å². The van der Waals surface area contributed by atoms with E-state index in [0.29, 0.717) is 13.2 Å². The van der Waals surface area contributed by atoms with E-state index in [1.807, 2.05) is 0 Å². The first kappa shape index (κ1) is 15.1. The van der Waals surface area contributed by atoms with E-state index in [4.69, 9.17) is 4.74 Å². The van der Waals surface area contributed by atoms with Crippen LogP contribution in [0.25, 0.3) is 11.1 Å². The molecule has 1 N–H and O–H groups in total. The summed E-state index contributed by atoms with van der Waals surface area (Å²) >= 11 is 0. The minimum Gasteiger partial charge on any atom is -0.378 e. The second kappa shape index (κ2) is 5.97. The highest BCUT2D eigenvalue weighted by Crippen LogP contribution is 2.36. The second-order valence-electron chi connectivity index (χ2n) is 7.46. The molecule has 25 heavy (non-hydrogen) atoms. The van der Waals surface area contributed by atoms with E-state index in [9.17, 15) is 4.79 Å². The van der Waals surface area contributed by atoms with E-state index in [0.717, 1.165) is 26.1 Å². The van der Waals surface area contributed by atoms with Crippen LogP contribution in [0.3, 0.4) is 0 Å². The summed E-state index contributed by atoms with van der Waals surface area (Å²) in [6, 6.07) is 15.6. The molecule has 0 unspecified atom stereocenters. The van der Waals surface area contributed by atoms with Crippen LogP contribution in [-0.4, -0.2) is 43.2 Å². The van der Waals surface area contributed by atoms with Gasteiger partial charge in [-0.2, -0.15) is 0 Å². The Bertz CT molecular complexity index is 832. The van der Waals surface area contributed by atoms with Crippen LogP contribution in [-0.2, 0) is 22.5 Å². The molecule has 3 aliphatic rings. The zero-order chi connectivity index (χ0) is 16.8. The van der Waals surface area contributed by atoms with Gasteiger partial charge in [-0.15, -0.1) is 0 Å². The van der Waals surface area contributed by atoms with Gasteiger partial charge in [0.15, 0.2) is 0 Å². The summed E-state index contributed by atoms with van der Waals surface area (Å²) in [7, 11) is 0. The highest BCUT2D eigenvalue weighted by molar-refractivity contribution is 5.80. The number of carbonyl (C=O) groups excluding carboxylic acids is 1. The van der Waals surface area contributed by atoms with Crippen LogP contribution in [0.4, 0.5) is 0 Å². The zero-order valence-corrected chi connectivity index (χ0v) is 14.2.